The first-order chi connectivity index (χ1) is 14.2. The maximum absolute atomic E-state index is 13.5. The van der Waals surface area contributed by atoms with Gasteiger partial charge in [-0.05, 0) is 43.3 Å². The molecule has 2 heterocycles. The van der Waals surface area contributed by atoms with Crippen molar-refractivity contribution in [2.75, 3.05) is 10.6 Å². The van der Waals surface area contributed by atoms with E-state index in [1.165, 1.54) is 6.20 Å². The molecule has 2 aromatic heterocycles. The van der Waals surface area contributed by atoms with Gasteiger partial charge in [0, 0.05) is 23.1 Å². The number of H-pyrrole nitrogens is 1. The molecule has 11 heteroatoms. The Morgan fingerprint density at radius 3 is 2.57 bits per heavy atom. The van der Waals surface area contributed by atoms with E-state index in [2.05, 4.69) is 25.6 Å². The van der Waals surface area contributed by atoms with Crippen LogP contribution in [0.25, 0.3) is 11.1 Å². The largest absolute Gasteiger partial charge is 0.419 e. The summed E-state index contributed by atoms with van der Waals surface area (Å²) in [6, 6.07) is 7.44. The van der Waals surface area contributed by atoms with Gasteiger partial charge in [0.25, 0.3) is 0 Å². The van der Waals surface area contributed by atoms with Crippen molar-refractivity contribution in [2.45, 2.75) is 13.1 Å². The number of aromatic amines is 1. The molecule has 0 aliphatic rings. The summed E-state index contributed by atoms with van der Waals surface area (Å²) in [4.78, 5) is 22.1. The number of nitrogens with zero attached hydrogens (tertiary/aromatic N) is 2. The highest BCUT2D eigenvalue weighted by Gasteiger charge is 2.34. The first-order valence-electron chi connectivity index (χ1n) is 8.56. The highest BCUT2D eigenvalue weighted by molar-refractivity contribution is 5.78. The van der Waals surface area contributed by atoms with E-state index in [0.29, 0.717) is 34.2 Å². The van der Waals surface area contributed by atoms with Crippen molar-refractivity contribution in [3.63, 3.8) is 0 Å². The lowest BCUT2D eigenvalue weighted by atomic mass is 10.2. The molecule has 7 nitrogen and oxygen atoms in total. The van der Waals surface area contributed by atoms with Crippen molar-refractivity contribution in [3.05, 3.63) is 70.1 Å². The molecule has 0 bridgehead atoms. The van der Waals surface area contributed by atoms with Crippen molar-refractivity contribution < 1.29 is 22.0 Å². The zero-order chi connectivity index (χ0) is 21.5. The molecule has 0 fully saturated rings. The number of halogens is 4. The summed E-state index contributed by atoms with van der Waals surface area (Å²) in [5.41, 5.74) is 0.728. The van der Waals surface area contributed by atoms with Gasteiger partial charge in [0.1, 0.15) is 11.6 Å². The molecular weight excluding hydrogens is 406 g/mol. The van der Waals surface area contributed by atoms with E-state index < -0.39 is 23.3 Å². The Kier molecular flexibility index (Phi) is 4.65. The second-order valence-corrected chi connectivity index (χ2v) is 6.39. The van der Waals surface area contributed by atoms with Crippen molar-refractivity contribution in [1.82, 2.24) is 15.0 Å². The van der Waals surface area contributed by atoms with Gasteiger partial charge < -0.3 is 15.1 Å². The van der Waals surface area contributed by atoms with Crippen LogP contribution in [-0.2, 0) is 6.18 Å². The second kappa shape index (κ2) is 7.17. The molecule has 154 valence electrons. The Hall–Kier alpha value is -3.89. The zero-order valence-corrected chi connectivity index (χ0v) is 15.3. The molecule has 0 atom stereocenters. The molecule has 2 aromatic carbocycles. The SMILES string of the molecule is Cc1cnc(Nc2ccc(F)c(C(F)(F)F)c2)nc1Nc1ccc2oc(=O)[nH]c2c1. The van der Waals surface area contributed by atoms with Gasteiger partial charge in [-0.2, -0.15) is 18.2 Å². The number of nitrogens with one attached hydrogen (secondary N) is 3. The van der Waals surface area contributed by atoms with Crippen LogP contribution in [0.4, 0.5) is 40.7 Å². The molecule has 0 saturated heterocycles. The monoisotopic (exact) mass is 419 g/mol. The molecule has 0 saturated carbocycles. The first-order valence-corrected chi connectivity index (χ1v) is 8.56. The van der Waals surface area contributed by atoms with Crippen LogP contribution >= 0.6 is 0 Å². The van der Waals surface area contributed by atoms with Crippen LogP contribution in [0.2, 0.25) is 0 Å². The number of benzene rings is 2. The van der Waals surface area contributed by atoms with Crippen molar-refractivity contribution in [2.24, 2.45) is 0 Å². The lowest BCUT2D eigenvalue weighted by Crippen LogP contribution is -2.09. The van der Waals surface area contributed by atoms with Gasteiger partial charge in [0.2, 0.25) is 5.95 Å². The smallest absolute Gasteiger partial charge is 0.408 e. The maximum Gasteiger partial charge on any atom is 0.419 e. The van der Waals surface area contributed by atoms with Crippen LogP contribution in [0.3, 0.4) is 0 Å². The average Bonchev–Trinajstić information content (AvgIpc) is 3.04. The maximum atomic E-state index is 13.5. The van der Waals surface area contributed by atoms with Crippen LogP contribution in [0.1, 0.15) is 11.1 Å². The Bertz CT molecular complexity index is 1300. The third kappa shape index (κ3) is 3.95. The van der Waals surface area contributed by atoms with E-state index in [0.717, 1.165) is 12.1 Å². The lowest BCUT2D eigenvalue weighted by Gasteiger charge is -2.13. The first kappa shape index (κ1) is 19.4. The third-order valence-electron chi connectivity index (χ3n) is 4.18. The summed E-state index contributed by atoms with van der Waals surface area (Å²) in [6.07, 6.45) is -3.35. The van der Waals surface area contributed by atoms with Crippen molar-refractivity contribution >= 4 is 34.2 Å². The van der Waals surface area contributed by atoms with E-state index in [-0.39, 0.29) is 11.6 Å². The van der Waals surface area contributed by atoms with Gasteiger partial charge in [-0.25, -0.2) is 14.2 Å². The summed E-state index contributed by atoms with van der Waals surface area (Å²) in [5.74, 6) is -1.55. The van der Waals surface area contributed by atoms with Crippen molar-refractivity contribution in [3.8, 4) is 0 Å². The summed E-state index contributed by atoms with van der Waals surface area (Å²) >= 11 is 0. The third-order valence-corrected chi connectivity index (χ3v) is 4.18. The minimum Gasteiger partial charge on any atom is -0.408 e. The van der Waals surface area contributed by atoms with Gasteiger partial charge in [0.15, 0.2) is 5.58 Å². The van der Waals surface area contributed by atoms with Gasteiger partial charge >= 0.3 is 11.9 Å². The molecule has 0 aliphatic carbocycles. The van der Waals surface area contributed by atoms with Gasteiger partial charge in [-0.3, -0.25) is 4.98 Å². The minimum atomic E-state index is -4.82. The van der Waals surface area contributed by atoms with Gasteiger partial charge in [-0.1, -0.05) is 0 Å². The summed E-state index contributed by atoms with van der Waals surface area (Å²) < 4.78 is 57.1. The zero-order valence-electron chi connectivity index (χ0n) is 15.3. The Labute approximate surface area is 165 Å². The molecular formula is C19H13F4N5O2. The standard InChI is InChI=1S/C19H13F4N5O2/c1-9-8-24-17(26-10-2-4-13(20)12(6-10)19(21,22)23)28-16(9)25-11-3-5-15-14(7-11)27-18(29)30-15/h2-8H,1H3,(H,27,29)(H2,24,25,26,28). The predicted octanol–water partition coefficient (Wildman–Crippen LogP) is 4.86. The van der Waals surface area contributed by atoms with Crippen LogP contribution in [0, 0.1) is 12.7 Å². The molecule has 3 N–H and O–H groups in total. The second-order valence-electron chi connectivity index (χ2n) is 6.39. The molecule has 4 rings (SSSR count). The molecule has 30 heavy (non-hydrogen) atoms. The fourth-order valence-electron chi connectivity index (χ4n) is 2.74. The molecule has 0 amide bonds. The Morgan fingerprint density at radius 1 is 1.07 bits per heavy atom. The van der Waals surface area contributed by atoms with Crippen LogP contribution in [-0.4, -0.2) is 15.0 Å². The van der Waals surface area contributed by atoms with E-state index in [4.69, 9.17) is 4.42 Å². The summed E-state index contributed by atoms with van der Waals surface area (Å²) in [7, 11) is 0. The molecule has 0 aliphatic heterocycles. The Balaban J connectivity index is 1.61. The Morgan fingerprint density at radius 2 is 1.80 bits per heavy atom. The normalized spacial score (nSPS) is 11.6. The number of rotatable bonds is 4. The van der Waals surface area contributed by atoms with Gasteiger partial charge in [0.05, 0.1) is 11.1 Å². The fourth-order valence-corrected chi connectivity index (χ4v) is 2.74. The predicted molar refractivity (Wildman–Crippen MR) is 102 cm³/mol. The highest BCUT2D eigenvalue weighted by Crippen LogP contribution is 2.33. The number of hydrogen-bond donors (Lipinski definition) is 3. The number of oxazole rings is 1. The molecule has 0 radical (unpaired) electrons. The van der Waals surface area contributed by atoms with E-state index >= 15 is 0 Å². The van der Waals surface area contributed by atoms with E-state index in [1.54, 1.807) is 25.1 Å². The van der Waals surface area contributed by atoms with Crippen LogP contribution < -0.4 is 16.4 Å². The average molecular weight is 419 g/mol. The van der Waals surface area contributed by atoms with E-state index in [9.17, 15) is 22.4 Å². The molecule has 4 aromatic rings. The quantitative estimate of drug-likeness (QED) is 0.409. The summed E-state index contributed by atoms with van der Waals surface area (Å²) in [5, 5.41) is 5.69. The van der Waals surface area contributed by atoms with Crippen molar-refractivity contribution in [1.29, 1.82) is 0 Å². The number of anilines is 4. The topological polar surface area (TPSA) is 95.8 Å². The minimum absolute atomic E-state index is 0.0145. The van der Waals surface area contributed by atoms with E-state index in [1.807, 2.05) is 0 Å². The number of aryl methyl sites for hydroxylation is 1. The van der Waals surface area contributed by atoms with Gasteiger partial charge in [-0.15, -0.1) is 0 Å². The van der Waals surface area contributed by atoms with Crippen LogP contribution in [0.15, 0.2) is 51.8 Å². The fraction of sp³-hybridized carbons (Fsp3) is 0.105. The summed E-state index contributed by atoms with van der Waals surface area (Å²) in [6.45, 7) is 1.74. The molecule has 0 spiro atoms. The lowest BCUT2D eigenvalue weighted by molar-refractivity contribution is -0.139. The van der Waals surface area contributed by atoms with Crippen LogP contribution in [0.5, 0.6) is 0 Å². The molecule has 0 unspecified atom stereocenters. The number of fused-ring (bicyclic) bond motifs is 1. The highest BCUT2D eigenvalue weighted by atomic mass is 19.4. The number of aromatic nitrogens is 3. The number of alkyl halides is 3. The number of hydrogen-bond acceptors (Lipinski definition) is 6.